The van der Waals surface area contributed by atoms with Crippen LogP contribution in [0.1, 0.15) is 5.56 Å². The van der Waals surface area contributed by atoms with Crippen molar-refractivity contribution in [3.8, 4) is 0 Å². The van der Waals surface area contributed by atoms with Gasteiger partial charge in [-0.1, -0.05) is 6.07 Å². The summed E-state index contributed by atoms with van der Waals surface area (Å²) in [5, 5.41) is 2.93. The normalized spacial score (nSPS) is 10.4. The van der Waals surface area contributed by atoms with E-state index in [1.165, 1.54) is 17.8 Å². The molecule has 0 aliphatic carbocycles. The molecule has 1 N–H and O–H groups in total. The fourth-order valence-corrected chi connectivity index (χ4v) is 2.25. The molecular weight excluding hydrogens is 254 g/mol. The summed E-state index contributed by atoms with van der Waals surface area (Å²) in [5.41, 5.74) is 1.03. The van der Waals surface area contributed by atoms with E-state index in [-0.39, 0.29) is 0 Å². The van der Waals surface area contributed by atoms with Crippen LogP contribution in [0, 0.1) is 11.6 Å². The summed E-state index contributed by atoms with van der Waals surface area (Å²) in [5.74, 6) is -0.165. The van der Waals surface area contributed by atoms with E-state index in [0.717, 1.165) is 17.4 Å². The molecule has 0 amide bonds. The average Bonchev–Trinajstić information content (AvgIpc) is 2.41. The number of aromatic nitrogens is 1. The summed E-state index contributed by atoms with van der Waals surface area (Å²) in [4.78, 5) is 4.88. The van der Waals surface area contributed by atoms with Crippen molar-refractivity contribution < 1.29 is 8.78 Å². The predicted molar refractivity (Wildman–Crippen MR) is 69.7 cm³/mol. The highest BCUT2D eigenvalue weighted by atomic mass is 32.2. The highest BCUT2D eigenvalue weighted by Crippen LogP contribution is 2.24. The summed E-state index contributed by atoms with van der Waals surface area (Å²) in [6, 6.07) is 7.74. The number of hydrogen-bond donors (Lipinski definition) is 1. The zero-order chi connectivity index (χ0) is 13.0. The third kappa shape index (κ3) is 3.20. The van der Waals surface area contributed by atoms with Crippen LogP contribution in [0.4, 0.5) is 14.6 Å². The highest BCUT2D eigenvalue weighted by Gasteiger charge is 2.03. The van der Waals surface area contributed by atoms with E-state index in [0.29, 0.717) is 10.6 Å². The molecule has 0 radical (unpaired) electrons. The zero-order valence-electron chi connectivity index (χ0n) is 9.78. The molecule has 0 saturated carbocycles. The number of thioether (sulfide) groups is 1. The van der Waals surface area contributed by atoms with E-state index < -0.39 is 11.6 Å². The van der Waals surface area contributed by atoms with Crippen molar-refractivity contribution in [2.75, 3.05) is 12.4 Å². The van der Waals surface area contributed by atoms with E-state index in [1.807, 2.05) is 12.1 Å². The Morgan fingerprint density at radius 1 is 1.17 bits per heavy atom. The van der Waals surface area contributed by atoms with Crippen LogP contribution in [0.15, 0.2) is 41.4 Å². The Hall–Kier alpha value is -1.62. The molecule has 1 aromatic heterocycles. The molecule has 2 nitrogen and oxygen atoms in total. The maximum absolute atomic E-state index is 13.0. The summed E-state index contributed by atoms with van der Waals surface area (Å²) < 4.78 is 25.7. The van der Waals surface area contributed by atoms with Gasteiger partial charge in [0.1, 0.15) is 5.82 Å². The number of anilines is 1. The topological polar surface area (TPSA) is 24.9 Å². The van der Waals surface area contributed by atoms with Crippen LogP contribution >= 0.6 is 11.8 Å². The molecule has 1 heterocycles. The molecule has 18 heavy (non-hydrogen) atoms. The van der Waals surface area contributed by atoms with E-state index in [1.54, 1.807) is 19.3 Å². The summed E-state index contributed by atoms with van der Waals surface area (Å²) >= 11 is 1.44. The van der Waals surface area contributed by atoms with Gasteiger partial charge in [0.25, 0.3) is 0 Å². The van der Waals surface area contributed by atoms with E-state index in [4.69, 9.17) is 0 Å². The molecule has 0 bridgehead atoms. The van der Waals surface area contributed by atoms with Crippen molar-refractivity contribution in [2.24, 2.45) is 0 Å². The highest BCUT2D eigenvalue weighted by molar-refractivity contribution is 7.98. The zero-order valence-corrected chi connectivity index (χ0v) is 10.6. The summed E-state index contributed by atoms with van der Waals surface area (Å²) in [7, 11) is 1.80. The van der Waals surface area contributed by atoms with Crippen LogP contribution in [-0.2, 0) is 5.75 Å². The first-order valence-corrected chi connectivity index (χ1v) is 6.38. The Labute approximate surface area is 108 Å². The lowest BCUT2D eigenvalue weighted by Gasteiger charge is -2.04. The molecule has 0 unspecified atom stereocenters. The number of hydrogen-bond acceptors (Lipinski definition) is 3. The van der Waals surface area contributed by atoms with Gasteiger partial charge in [0.2, 0.25) is 0 Å². The van der Waals surface area contributed by atoms with Crippen LogP contribution in [0.3, 0.4) is 0 Å². The number of halogens is 2. The van der Waals surface area contributed by atoms with Crippen LogP contribution in [0.2, 0.25) is 0 Å². The first-order valence-electron chi connectivity index (χ1n) is 5.39. The fraction of sp³-hybridized carbons (Fsp3) is 0.154. The van der Waals surface area contributed by atoms with Gasteiger partial charge in [-0.25, -0.2) is 13.8 Å². The van der Waals surface area contributed by atoms with Crippen molar-refractivity contribution in [3.63, 3.8) is 0 Å². The van der Waals surface area contributed by atoms with Gasteiger partial charge in [-0.15, -0.1) is 11.8 Å². The van der Waals surface area contributed by atoms with Gasteiger partial charge in [-0.05, 0) is 29.8 Å². The Morgan fingerprint density at radius 2 is 2.00 bits per heavy atom. The van der Waals surface area contributed by atoms with Crippen molar-refractivity contribution in [2.45, 2.75) is 10.6 Å². The molecule has 2 aromatic rings. The molecule has 0 saturated heterocycles. The summed E-state index contributed by atoms with van der Waals surface area (Å²) in [6.45, 7) is 0. The van der Waals surface area contributed by atoms with Crippen LogP contribution in [-0.4, -0.2) is 12.0 Å². The smallest absolute Gasteiger partial charge is 0.159 e. The molecule has 0 fully saturated rings. The van der Waals surface area contributed by atoms with E-state index >= 15 is 0 Å². The standard InChI is InChI=1S/C13H12F2N2S/c1-16-13-5-2-9(7-17-13)8-18-10-3-4-11(14)12(15)6-10/h2-7H,8H2,1H3,(H,16,17). The number of nitrogens with zero attached hydrogens (tertiary/aromatic N) is 1. The molecule has 2 rings (SSSR count). The first kappa shape index (κ1) is 12.8. The van der Waals surface area contributed by atoms with Crippen LogP contribution < -0.4 is 5.32 Å². The van der Waals surface area contributed by atoms with Gasteiger partial charge < -0.3 is 5.32 Å². The molecule has 0 aliphatic heterocycles. The van der Waals surface area contributed by atoms with Crippen molar-refractivity contribution in [3.05, 3.63) is 53.7 Å². The molecule has 0 spiro atoms. The molecular formula is C13H12F2N2S. The fourth-order valence-electron chi connectivity index (χ4n) is 1.39. The van der Waals surface area contributed by atoms with E-state index in [2.05, 4.69) is 10.3 Å². The van der Waals surface area contributed by atoms with E-state index in [9.17, 15) is 8.78 Å². The minimum Gasteiger partial charge on any atom is -0.373 e. The Balaban J connectivity index is 1.99. The Kier molecular flexibility index (Phi) is 4.15. The van der Waals surface area contributed by atoms with Crippen LogP contribution in [0.5, 0.6) is 0 Å². The minimum absolute atomic E-state index is 0.669. The largest absolute Gasteiger partial charge is 0.373 e. The van der Waals surface area contributed by atoms with Crippen molar-refractivity contribution in [1.82, 2.24) is 4.98 Å². The second-order valence-corrected chi connectivity index (χ2v) is 4.72. The Bertz CT molecular complexity index is 529. The Morgan fingerprint density at radius 3 is 2.61 bits per heavy atom. The third-order valence-corrected chi connectivity index (χ3v) is 3.44. The monoisotopic (exact) mass is 266 g/mol. The van der Waals surface area contributed by atoms with Crippen molar-refractivity contribution in [1.29, 1.82) is 0 Å². The third-order valence-electron chi connectivity index (χ3n) is 2.38. The SMILES string of the molecule is CNc1ccc(CSc2ccc(F)c(F)c2)cn1. The van der Waals surface area contributed by atoms with Crippen molar-refractivity contribution >= 4 is 17.6 Å². The van der Waals surface area contributed by atoms with Gasteiger partial charge in [0.15, 0.2) is 11.6 Å². The number of nitrogens with one attached hydrogen (secondary N) is 1. The molecule has 1 aromatic carbocycles. The lowest BCUT2D eigenvalue weighted by Crippen LogP contribution is -1.92. The first-order chi connectivity index (χ1) is 8.69. The number of pyridine rings is 1. The lowest BCUT2D eigenvalue weighted by atomic mass is 10.3. The van der Waals surface area contributed by atoms with Gasteiger partial charge in [0, 0.05) is 23.9 Å². The lowest BCUT2D eigenvalue weighted by molar-refractivity contribution is 0.506. The van der Waals surface area contributed by atoms with Gasteiger partial charge >= 0.3 is 0 Å². The minimum atomic E-state index is -0.820. The second kappa shape index (κ2) is 5.82. The molecule has 5 heteroatoms. The molecule has 94 valence electrons. The second-order valence-electron chi connectivity index (χ2n) is 3.67. The molecule has 0 aliphatic rings. The number of rotatable bonds is 4. The van der Waals surface area contributed by atoms with Crippen LogP contribution in [0.25, 0.3) is 0 Å². The maximum atomic E-state index is 13.0. The molecule has 0 atom stereocenters. The van der Waals surface area contributed by atoms with Gasteiger partial charge in [-0.3, -0.25) is 0 Å². The average molecular weight is 266 g/mol. The summed E-state index contributed by atoms with van der Waals surface area (Å²) in [6.07, 6.45) is 1.76. The number of benzene rings is 1. The predicted octanol–water partition coefficient (Wildman–Crippen LogP) is 3.69. The maximum Gasteiger partial charge on any atom is 0.159 e. The van der Waals surface area contributed by atoms with Gasteiger partial charge in [-0.2, -0.15) is 0 Å². The quantitative estimate of drug-likeness (QED) is 0.854. The van der Waals surface area contributed by atoms with Gasteiger partial charge in [0.05, 0.1) is 0 Å².